The van der Waals surface area contributed by atoms with E-state index < -0.39 is 0 Å². The summed E-state index contributed by atoms with van der Waals surface area (Å²) in [6.07, 6.45) is 5.61. The summed E-state index contributed by atoms with van der Waals surface area (Å²) in [6, 6.07) is 11.9. The molecule has 0 radical (unpaired) electrons. The number of benzene rings is 1. The van der Waals surface area contributed by atoms with Crippen molar-refractivity contribution < 1.29 is 4.79 Å². The second-order valence-electron chi connectivity index (χ2n) is 7.05. The first-order valence-corrected chi connectivity index (χ1v) is 10.9. The molecule has 0 spiro atoms. The highest BCUT2D eigenvalue weighted by Gasteiger charge is 2.14. The second kappa shape index (κ2) is 8.77. The Morgan fingerprint density at radius 2 is 2.00 bits per heavy atom. The van der Waals surface area contributed by atoms with Crippen LogP contribution in [0.15, 0.2) is 70.5 Å². The molecule has 2 aromatic rings. The zero-order valence-corrected chi connectivity index (χ0v) is 17.7. The van der Waals surface area contributed by atoms with Crippen molar-refractivity contribution in [2.45, 2.75) is 31.4 Å². The lowest BCUT2D eigenvalue weighted by molar-refractivity contribution is -0.111. The van der Waals surface area contributed by atoms with E-state index in [4.69, 9.17) is 0 Å². The average Bonchev–Trinajstić information content (AvgIpc) is 3.29. The van der Waals surface area contributed by atoms with E-state index in [-0.39, 0.29) is 5.91 Å². The monoisotopic (exact) mass is 395 g/mol. The molecule has 1 heterocycles. The number of amides is 1. The number of anilines is 1. The third-order valence-electron chi connectivity index (χ3n) is 4.67. The standard InChI is InChI=1S/C23H25NOS2/c1-15(2)19-10-9-18(13-19)14-26-22-12-11-21(27-22)24-23(25)17(4)20-8-6-5-7-16(20)3/h5-12,15H,4,13-14H2,1-3H3,(H,24,25). The maximum Gasteiger partial charge on any atom is 0.256 e. The van der Waals surface area contributed by atoms with Gasteiger partial charge in [-0.3, -0.25) is 4.79 Å². The molecule has 1 aromatic carbocycles. The maximum absolute atomic E-state index is 12.5. The summed E-state index contributed by atoms with van der Waals surface area (Å²) >= 11 is 3.44. The van der Waals surface area contributed by atoms with Crippen LogP contribution in [0.4, 0.5) is 5.00 Å². The number of thiophene rings is 1. The summed E-state index contributed by atoms with van der Waals surface area (Å²) in [4.78, 5) is 12.5. The summed E-state index contributed by atoms with van der Waals surface area (Å²) in [5, 5.41) is 3.84. The van der Waals surface area contributed by atoms with Crippen molar-refractivity contribution in [2.24, 2.45) is 5.92 Å². The van der Waals surface area contributed by atoms with Crippen LogP contribution in [0.2, 0.25) is 0 Å². The Bertz CT molecular complexity index is 918. The Hall–Kier alpha value is -2.04. The van der Waals surface area contributed by atoms with Crippen molar-refractivity contribution in [1.82, 2.24) is 0 Å². The fourth-order valence-electron chi connectivity index (χ4n) is 2.95. The number of hydrogen-bond acceptors (Lipinski definition) is 3. The Labute approximate surface area is 170 Å². The first kappa shape index (κ1) is 19.7. The van der Waals surface area contributed by atoms with Crippen LogP contribution in [0.1, 0.15) is 31.4 Å². The van der Waals surface area contributed by atoms with E-state index in [1.165, 1.54) is 15.4 Å². The molecular formula is C23H25NOS2. The zero-order chi connectivity index (χ0) is 19.4. The first-order valence-electron chi connectivity index (χ1n) is 9.11. The summed E-state index contributed by atoms with van der Waals surface area (Å²) < 4.78 is 1.21. The van der Waals surface area contributed by atoms with Gasteiger partial charge in [0, 0.05) is 11.3 Å². The molecule has 1 aromatic heterocycles. The number of allylic oxidation sites excluding steroid dienone is 3. The summed E-state index contributed by atoms with van der Waals surface area (Å²) in [7, 11) is 0. The van der Waals surface area contributed by atoms with Gasteiger partial charge in [-0.1, -0.05) is 68.0 Å². The van der Waals surface area contributed by atoms with Gasteiger partial charge in [0.1, 0.15) is 0 Å². The number of hydrogen-bond donors (Lipinski definition) is 1. The molecule has 1 N–H and O–H groups in total. The minimum Gasteiger partial charge on any atom is -0.314 e. The molecule has 0 saturated carbocycles. The van der Waals surface area contributed by atoms with E-state index in [1.54, 1.807) is 11.3 Å². The van der Waals surface area contributed by atoms with Crippen LogP contribution in [0.25, 0.3) is 5.57 Å². The van der Waals surface area contributed by atoms with Crippen molar-refractivity contribution in [3.63, 3.8) is 0 Å². The Morgan fingerprint density at radius 1 is 1.22 bits per heavy atom. The molecule has 4 heteroatoms. The minimum atomic E-state index is -0.146. The SMILES string of the molecule is C=C(C(=O)Nc1ccc(SCC2=CC=C(C(C)C)C2)s1)c1ccccc1C. The molecule has 0 unspecified atom stereocenters. The van der Waals surface area contributed by atoms with Gasteiger partial charge in [0.05, 0.1) is 9.21 Å². The number of rotatable bonds is 7. The molecule has 0 atom stereocenters. The highest BCUT2D eigenvalue weighted by molar-refractivity contribution is 8.01. The quantitative estimate of drug-likeness (QED) is 0.417. The van der Waals surface area contributed by atoms with E-state index in [2.05, 4.69) is 44.0 Å². The first-order chi connectivity index (χ1) is 12.9. The molecule has 1 aliphatic carbocycles. The predicted octanol–water partition coefficient (Wildman–Crippen LogP) is 6.71. The van der Waals surface area contributed by atoms with Crippen LogP contribution < -0.4 is 5.32 Å². The second-order valence-corrected chi connectivity index (χ2v) is 9.41. The maximum atomic E-state index is 12.5. The van der Waals surface area contributed by atoms with E-state index >= 15 is 0 Å². The third kappa shape index (κ3) is 5.02. The molecular weight excluding hydrogens is 370 g/mol. The molecule has 140 valence electrons. The van der Waals surface area contributed by atoms with Crippen LogP contribution in [0.5, 0.6) is 0 Å². The van der Waals surface area contributed by atoms with Crippen molar-refractivity contribution in [2.75, 3.05) is 11.1 Å². The Balaban J connectivity index is 1.53. The highest BCUT2D eigenvalue weighted by Crippen LogP contribution is 2.35. The summed E-state index contributed by atoms with van der Waals surface area (Å²) in [5.41, 5.74) is 5.43. The van der Waals surface area contributed by atoms with Crippen LogP contribution in [0, 0.1) is 12.8 Å². The van der Waals surface area contributed by atoms with Gasteiger partial charge in [-0.25, -0.2) is 0 Å². The lowest BCUT2D eigenvalue weighted by Gasteiger charge is -2.09. The lowest BCUT2D eigenvalue weighted by atomic mass is 10.0. The van der Waals surface area contributed by atoms with Gasteiger partial charge in [0.2, 0.25) is 0 Å². The molecule has 0 fully saturated rings. The zero-order valence-electron chi connectivity index (χ0n) is 16.0. The Morgan fingerprint density at radius 3 is 2.70 bits per heavy atom. The van der Waals surface area contributed by atoms with Crippen molar-refractivity contribution in [3.05, 3.63) is 77.4 Å². The van der Waals surface area contributed by atoms with Crippen molar-refractivity contribution in [3.8, 4) is 0 Å². The Kier molecular flexibility index (Phi) is 6.40. The van der Waals surface area contributed by atoms with Crippen molar-refractivity contribution in [1.29, 1.82) is 0 Å². The van der Waals surface area contributed by atoms with Gasteiger partial charge in [-0.2, -0.15) is 0 Å². The van der Waals surface area contributed by atoms with Gasteiger partial charge < -0.3 is 5.32 Å². The smallest absolute Gasteiger partial charge is 0.256 e. The van der Waals surface area contributed by atoms with Gasteiger partial charge in [-0.05, 0) is 42.5 Å². The molecule has 0 aliphatic heterocycles. The van der Waals surface area contributed by atoms with Crippen molar-refractivity contribution >= 4 is 39.6 Å². The molecule has 27 heavy (non-hydrogen) atoms. The number of aryl methyl sites for hydroxylation is 1. The number of nitrogens with one attached hydrogen (secondary N) is 1. The molecule has 2 nitrogen and oxygen atoms in total. The van der Waals surface area contributed by atoms with Gasteiger partial charge in [0.25, 0.3) is 5.91 Å². The topological polar surface area (TPSA) is 29.1 Å². The normalized spacial score (nSPS) is 13.5. The van der Waals surface area contributed by atoms with Crippen LogP contribution in [0.3, 0.4) is 0 Å². The number of carbonyl (C=O) groups is 1. The van der Waals surface area contributed by atoms with E-state index in [0.29, 0.717) is 11.5 Å². The minimum absolute atomic E-state index is 0.146. The fourth-order valence-corrected chi connectivity index (χ4v) is 4.96. The molecule has 1 amide bonds. The van der Waals surface area contributed by atoms with E-state index in [9.17, 15) is 4.79 Å². The van der Waals surface area contributed by atoms with Gasteiger partial charge in [-0.15, -0.1) is 23.1 Å². The summed E-state index contributed by atoms with van der Waals surface area (Å²) in [5.74, 6) is 1.47. The van der Waals surface area contributed by atoms with Crippen LogP contribution >= 0.6 is 23.1 Å². The van der Waals surface area contributed by atoms with E-state index in [0.717, 1.165) is 28.3 Å². The fraction of sp³-hybridized carbons (Fsp3) is 0.261. The third-order valence-corrected chi connectivity index (χ3v) is 7.00. The highest BCUT2D eigenvalue weighted by atomic mass is 32.2. The largest absolute Gasteiger partial charge is 0.314 e. The summed E-state index contributed by atoms with van der Waals surface area (Å²) in [6.45, 7) is 10.5. The number of carbonyl (C=O) groups excluding carboxylic acids is 1. The molecule has 3 rings (SSSR count). The van der Waals surface area contributed by atoms with E-state index in [1.807, 2.05) is 49.0 Å². The predicted molar refractivity (Wildman–Crippen MR) is 120 cm³/mol. The lowest BCUT2D eigenvalue weighted by Crippen LogP contribution is -2.12. The van der Waals surface area contributed by atoms with Crippen LogP contribution in [-0.2, 0) is 4.79 Å². The average molecular weight is 396 g/mol. The van der Waals surface area contributed by atoms with Crippen LogP contribution in [-0.4, -0.2) is 11.7 Å². The molecule has 0 bridgehead atoms. The molecule has 1 aliphatic rings. The number of thioether (sulfide) groups is 1. The molecule has 0 saturated heterocycles. The van der Waals surface area contributed by atoms with Gasteiger partial charge in [0.15, 0.2) is 0 Å². The van der Waals surface area contributed by atoms with Gasteiger partial charge >= 0.3 is 0 Å².